The summed E-state index contributed by atoms with van der Waals surface area (Å²) in [6.07, 6.45) is 3.61. The summed E-state index contributed by atoms with van der Waals surface area (Å²) in [4.78, 5) is 31.0. The highest BCUT2D eigenvalue weighted by Gasteiger charge is 2.32. The third-order valence-electron chi connectivity index (χ3n) is 6.82. The number of pyridine rings is 2. The summed E-state index contributed by atoms with van der Waals surface area (Å²) in [6, 6.07) is 13.8. The second kappa shape index (κ2) is 11.1. The van der Waals surface area contributed by atoms with E-state index in [0.29, 0.717) is 66.7 Å². The first kappa shape index (κ1) is 27.3. The summed E-state index contributed by atoms with van der Waals surface area (Å²) in [5, 5.41) is 0. The van der Waals surface area contributed by atoms with Gasteiger partial charge < -0.3 is 15.4 Å². The van der Waals surface area contributed by atoms with Crippen LogP contribution in [0, 0.1) is 5.82 Å². The van der Waals surface area contributed by atoms with Crippen LogP contribution in [0.4, 0.5) is 15.0 Å². The minimum absolute atomic E-state index is 0.200. The van der Waals surface area contributed by atoms with Gasteiger partial charge in [0.2, 0.25) is 0 Å². The Morgan fingerprint density at radius 3 is 2.48 bits per heavy atom. The van der Waals surface area contributed by atoms with Gasteiger partial charge in [-0.1, -0.05) is 6.08 Å². The lowest BCUT2D eigenvalue weighted by Gasteiger charge is -2.40. The van der Waals surface area contributed by atoms with Crippen molar-refractivity contribution in [2.45, 2.75) is 39.0 Å². The number of ether oxygens (including phenoxy) is 1. The van der Waals surface area contributed by atoms with Gasteiger partial charge in [-0.25, -0.2) is 24.1 Å². The number of amides is 1. The fraction of sp³-hybridized carbons (Fsp3) is 0.333. The normalized spacial score (nSPS) is 15.2. The van der Waals surface area contributed by atoms with Gasteiger partial charge in [-0.15, -0.1) is 6.58 Å². The van der Waals surface area contributed by atoms with Gasteiger partial charge >= 0.3 is 6.09 Å². The Labute approximate surface area is 233 Å². The number of piperazine rings is 1. The Hall–Kier alpha value is -4.31. The first-order valence-corrected chi connectivity index (χ1v) is 13.3. The van der Waals surface area contributed by atoms with E-state index >= 15 is 0 Å². The lowest BCUT2D eigenvalue weighted by Crippen LogP contribution is -2.51. The molecule has 208 valence electrons. The number of halogens is 1. The molecular weight excluding hydrogens is 509 g/mol. The first-order chi connectivity index (χ1) is 19.1. The number of carbonyl (C=O) groups excluding carboxylic acids is 1. The third-order valence-corrected chi connectivity index (χ3v) is 6.82. The maximum absolute atomic E-state index is 13.6. The summed E-state index contributed by atoms with van der Waals surface area (Å²) in [5.74, 6) is 0.705. The van der Waals surface area contributed by atoms with Crippen molar-refractivity contribution in [3.8, 4) is 22.6 Å². The highest BCUT2D eigenvalue weighted by molar-refractivity contribution is 5.82. The quantitative estimate of drug-likeness (QED) is 0.320. The van der Waals surface area contributed by atoms with Crippen molar-refractivity contribution in [2.75, 3.05) is 31.9 Å². The molecule has 1 aliphatic rings. The van der Waals surface area contributed by atoms with E-state index in [-0.39, 0.29) is 18.1 Å². The molecule has 0 radical (unpaired) electrons. The second-order valence-corrected chi connectivity index (χ2v) is 10.8. The zero-order chi connectivity index (χ0) is 28.4. The number of carbonyl (C=O) groups is 1. The molecule has 1 fully saturated rings. The van der Waals surface area contributed by atoms with E-state index in [1.54, 1.807) is 23.2 Å². The van der Waals surface area contributed by atoms with Crippen LogP contribution in [0.25, 0.3) is 33.8 Å². The molecular formula is C30H34FN7O2. The summed E-state index contributed by atoms with van der Waals surface area (Å²) in [5.41, 5.74) is 9.33. The maximum atomic E-state index is 13.6. The minimum Gasteiger partial charge on any atom is -0.444 e. The van der Waals surface area contributed by atoms with Crippen LogP contribution in [0.5, 0.6) is 0 Å². The highest BCUT2D eigenvalue weighted by atomic mass is 19.1. The number of fused-ring (bicyclic) bond motifs is 1. The molecule has 3 aromatic heterocycles. The smallest absolute Gasteiger partial charge is 0.410 e. The standard InChI is InChI=1S/C30H34FN7O2/c1-5-7-25(36-16-18-37(19-17-36)29(39)40-30(2,3)4)38-27(22-8-6-15-33-26(22)32)35-24-14-13-23(34-28(24)38)20-9-11-21(31)12-10-20/h5-6,8-15,25H,1,7,16-19H2,2-4H3,(H2,32,33). The SMILES string of the molecule is C=CCC(N1CCN(C(=O)OC(C)(C)C)CC1)n1c(-c2cccnc2N)nc2ccc(-c3ccc(F)cc3)nc21. The zero-order valence-electron chi connectivity index (χ0n) is 23.0. The number of rotatable bonds is 6. The van der Waals surface area contributed by atoms with Crippen molar-refractivity contribution in [3.05, 3.63) is 73.2 Å². The van der Waals surface area contributed by atoms with Crippen molar-refractivity contribution in [1.29, 1.82) is 0 Å². The number of nitrogen functional groups attached to an aromatic ring is 1. The highest BCUT2D eigenvalue weighted by Crippen LogP contribution is 2.34. The van der Waals surface area contributed by atoms with Gasteiger partial charge in [0.25, 0.3) is 0 Å². The molecule has 0 aliphatic carbocycles. The first-order valence-electron chi connectivity index (χ1n) is 13.3. The molecule has 40 heavy (non-hydrogen) atoms. The molecule has 4 heterocycles. The van der Waals surface area contributed by atoms with Crippen molar-refractivity contribution in [1.82, 2.24) is 29.3 Å². The topological polar surface area (TPSA) is 102 Å². The molecule has 0 bridgehead atoms. The second-order valence-electron chi connectivity index (χ2n) is 10.8. The number of hydrogen-bond donors (Lipinski definition) is 1. The number of benzene rings is 1. The lowest BCUT2D eigenvalue weighted by atomic mass is 10.1. The Kier molecular flexibility index (Phi) is 7.53. The van der Waals surface area contributed by atoms with Crippen LogP contribution < -0.4 is 5.73 Å². The fourth-order valence-electron chi connectivity index (χ4n) is 4.93. The monoisotopic (exact) mass is 543 g/mol. The van der Waals surface area contributed by atoms with E-state index in [1.165, 1.54) is 12.1 Å². The van der Waals surface area contributed by atoms with Crippen molar-refractivity contribution in [3.63, 3.8) is 0 Å². The molecule has 2 N–H and O–H groups in total. The Balaban J connectivity index is 1.57. The molecule has 9 nitrogen and oxygen atoms in total. The van der Waals surface area contributed by atoms with Gasteiger partial charge in [0.1, 0.15) is 28.6 Å². The molecule has 1 unspecified atom stereocenters. The largest absolute Gasteiger partial charge is 0.444 e. The van der Waals surface area contributed by atoms with E-state index in [1.807, 2.05) is 51.1 Å². The van der Waals surface area contributed by atoms with Crippen LogP contribution in [-0.2, 0) is 4.74 Å². The number of nitrogens with two attached hydrogens (primary N) is 1. The van der Waals surface area contributed by atoms with Crippen LogP contribution in [-0.4, -0.2) is 67.2 Å². The number of aromatic nitrogens is 4. The molecule has 4 aromatic rings. The van der Waals surface area contributed by atoms with Crippen LogP contribution in [0.15, 0.2) is 67.4 Å². The van der Waals surface area contributed by atoms with Gasteiger partial charge in [0.05, 0.1) is 17.4 Å². The zero-order valence-corrected chi connectivity index (χ0v) is 23.0. The lowest BCUT2D eigenvalue weighted by molar-refractivity contribution is 0.00582. The fourth-order valence-corrected chi connectivity index (χ4v) is 4.93. The summed E-state index contributed by atoms with van der Waals surface area (Å²) >= 11 is 0. The van der Waals surface area contributed by atoms with Crippen molar-refractivity contribution in [2.24, 2.45) is 0 Å². The molecule has 10 heteroatoms. The predicted molar refractivity (Wildman–Crippen MR) is 154 cm³/mol. The van der Waals surface area contributed by atoms with Crippen LogP contribution in [0.3, 0.4) is 0 Å². The number of nitrogens with zero attached hydrogens (tertiary/aromatic N) is 6. The average molecular weight is 544 g/mol. The van der Waals surface area contributed by atoms with E-state index in [2.05, 4.69) is 21.0 Å². The molecule has 1 saturated heterocycles. The molecule has 0 saturated carbocycles. The minimum atomic E-state index is -0.554. The van der Waals surface area contributed by atoms with Crippen LogP contribution >= 0.6 is 0 Å². The van der Waals surface area contributed by atoms with Gasteiger partial charge in [0, 0.05) is 37.9 Å². The number of imidazole rings is 1. The number of anilines is 1. The maximum Gasteiger partial charge on any atom is 0.410 e. The summed E-state index contributed by atoms with van der Waals surface area (Å²) < 4.78 is 21.3. The molecule has 1 aromatic carbocycles. The molecule has 1 atom stereocenters. The Morgan fingerprint density at radius 1 is 1.10 bits per heavy atom. The van der Waals surface area contributed by atoms with Crippen LogP contribution in [0.2, 0.25) is 0 Å². The predicted octanol–water partition coefficient (Wildman–Crippen LogP) is 5.51. The Morgan fingerprint density at radius 2 is 1.82 bits per heavy atom. The third kappa shape index (κ3) is 5.67. The Bertz CT molecular complexity index is 1520. The van der Waals surface area contributed by atoms with E-state index < -0.39 is 5.60 Å². The summed E-state index contributed by atoms with van der Waals surface area (Å²) in [7, 11) is 0. The van der Waals surface area contributed by atoms with Crippen LogP contribution in [0.1, 0.15) is 33.4 Å². The molecule has 5 rings (SSSR count). The number of hydrogen-bond acceptors (Lipinski definition) is 7. The van der Waals surface area contributed by atoms with E-state index in [0.717, 1.165) is 5.56 Å². The molecule has 1 aliphatic heterocycles. The molecule has 0 spiro atoms. The van der Waals surface area contributed by atoms with Gasteiger partial charge in [-0.3, -0.25) is 9.47 Å². The molecule has 1 amide bonds. The van der Waals surface area contributed by atoms with Gasteiger partial charge in [-0.05, 0) is 75.7 Å². The van der Waals surface area contributed by atoms with Gasteiger partial charge in [0.15, 0.2) is 5.65 Å². The van der Waals surface area contributed by atoms with Crippen molar-refractivity contribution < 1.29 is 13.9 Å². The summed E-state index contributed by atoms with van der Waals surface area (Å²) in [6.45, 7) is 11.9. The van der Waals surface area contributed by atoms with E-state index in [9.17, 15) is 9.18 Å². The average Bonchev–Trinajstić information content (AvgIpc) is 3.30. The van der Waals surface area contributed by atoms with Crippen molar-refractivity contribution >= 4 is 23.1 Å². The van der Waals surface area contributed by atoms with E-state index in [4.69, 9.17) is 20.4 Å². The van der Waals surface area contributed by atoms with Gasteiger partial charge in [-0.2, -0.15) is 0 Å².